The summed E-state index contributed by atoms with van der Waals surface area (Å²) >= 11 is 0. The monoisotopic (exact) mass is 340 g/mol. The highest BCUT2D eigenvalue weighted by Gasteiger charge is 2.47. The van der Waals surface area contributed by atoms with E-state index in [1.807, 2.05) is 0 Å². The number of nitro benzene ring substituents is 1. The zero-order valence-electron chi connectivity index (χ0n) is 13.4. The number of amides is 2. The van der Waals surface area contributed by atoms with E-state index >= 15 is 0 Å². The second-order valence-electron chi connectivity index (χ2n) is 5.90. The first kappa shape index (κ1) is 16.6. The molecule has 0 spiro atoms. The van der Waals surface area contributed by atoms with Gasteiger partial charge in [-0.3, -0.25) is 25.1 Å². The van der Waals surface area contributed by atoms with Crippen molar-refractivity contribution >= 4 is 17.5 Å². The van der Waals surface area contributed by atoms with E-state index in [4.69, 9.17) is 0 Å². The number of hydrogen-bond acceptors (Lipinski definition) is 5. The van der Waals surface area contributed by atoms with Crippen LogP contribution >= 0.6 is 0 Å². The molecule has 0 aromatic heterocycles. The van der Waals surface area contributed by atoms with Gasteiger partial charge in [-0.2, -0.15) is 0 Å². The summed E-state index contributed by atoms with van der Waals surface area (Å²) in [7, 11) is 0. The first-order valence-corrected chi connectivity index (χ1v) is 7.60. The number of benzene rings is 2. The minimum absolute atomic E-state index is 0.0898. The average molecular weight is 340 g/mol. The van der Waals surface area contributed by atoms with Gasteiger partial charge in [-0.25, -0.2) is 5.43 Å². The first-order valence-electron chi connectivity index (χ1n) is 7.60. The van der Waals surface area contributed by atoms with Gasteiger partial charge in [-0.15, -0.1) is 0 Å². The van der Waals surface area contributed by atoms with Gasteiger partial charge in [0.25, 0.3) is 17.5 Å². The first-order chi connectivity index (χ1) is 11.9. The summed E-state index contributed by atoms with van der Waals surface area (Å²) in [6, 6.07) is 13.5. The zero-order valence-corrected chi connectivity index (χ0v) is 13.4. The normalized spacial score (nSPS) is 22.3. The Morgan fingerprint density at radius 1 is 1.20 bits per heavy atom. The largest absolute Gasteiger partial charge is 0.338 e. The molecule has 3 N–H and O–H groups in total. The van der Waals surface area contributed by atoms with Gasteiger partial charge in [0.2, 0.25) is 0 Å². The Balaban J connectivity index is 1.92. The topological polar surface area (TPSA) is 113 Å². The molecule has 0 aliphatic carbocycles. The van der Waals surface area contributed by atoms with Gasteiger partial charge in [0.15, 0.2) is 0 Å². The highest BCUT2D eigenvalue weighted by atomic mass is 16.6. The van der Waals surface area contributed by atoms with E-state index in [2.05, 4.69) is 16.2 Å². The molecule has 128 valence electrons. The SMILES string of the molecule is CC1(c2cccc([N+](=O)[O-])c2)NNC(=O)C1NC(=O)c1ccccc1. The zero-order chi connectivity index (χ0) is 18.0. The van der Waals surface area contributed by atoms with Crippen molar-refractivity contribution in [1.29, 1.82) is 0 Å². The Morgan fingerprint density at radius 2 is 1.92 bits per heavy atom. The van der Waals surface area contributed by atoms with Crippen LogP contribution in [0, 0.1) is 10.1 Å². The van der Waals surface area contributed by atoms with E-state index in [0.29, 0.717) is 11.1 Å². The van der Waals surface area contributed by atoms with Crippen LogP contribution in [0.5, 0.6) is 0 Å². The van der Waals surface area contributed by atoms with Crippen molar-refractivity contribution in [3.05, 3.63) is 75.8 Å². The summed E-state index contributed by atoms with van der Waals surface area (Å²) in [5, 5.41) is 13.7. The van der Waals surface area contributed by atoms with E-state index in [1.54, 1.807) is 49.4 Å². The van der Waals surface area contributed by atoms with Crippen molar-refractivity contribution in [3.63, 3.8) is 0 Å². The second kappa shape index (κ2) is 6.33. The standard InChI is InChI=1S/C17H16N4O4/c1-17(12-8-5-9-13(10-12)21(24)25)14(16(23)19-20-17)18-15(22)11-6-3-2-4-7-11/h2-10,14,20H,1H3,(H,18,22)(H,19,23). The van der Waals surface area contributed by atoms with Crippen LogP contribution in [0.4, 0.5) is 5.69 Å². The van der Waals surface area contributed by atoms with E-state index in [1.165, 1.54) is 12.1 Å². The molecular formula is C17H16N4O4. The molecule has 1 heterocycles. The number of nitrogens with zero attached hydrogens (tertiary/aromatic N) is 1. The van der Waals surface area contributed by atoms with Crippen molar-refractivity contribution in [3.8, 4) is 0 Å². The minimum atomic E-state index is -1.03. The Bertz CT molecular complexity index is 840. The molecule has 2 aromatic carbocycles. The number of nitro groups is 1. The van der Waals surface area contributed by atoms with Gasteiger partial charge in [-0.1, -0.05) is 30.3 Å². The maximum atomic E-state index is 12.4. The van der Waals surface area contributed by atoms with E-state index in [9.17, 15) is 19.7 Å². The maximum absolute atomic E-state index is 12.4. The highest BCUT2D eigenvalue weighted by Crippen LogP contribution is 2.30. The van der Waals surface area contributed by atoms with E-state index < -0.39 is 28.3 Å². The van der Waals surface area contributed by atoms with E-state index in [0.717, 1.165) is 0 Å². The van der Waals surface area contributed by atoms with E-state index in [-0.39, 0.29) is 5.69 Å². The lowest BCUT2D eigenvalue weighted by atomic mass is 9.85. The summed E-state index contributed by atoms with van der Waals surface area (Å²) in [5.74, 6) is -0.820. The van der Waals surface area contributed by atoms with Crippen molar-refractivity contribution in [1.82, 2.24) is 16.2 Å². The Kier molecular flexibility index (Phi) is 4.20. The number of carbonyl (C=O) groups excluding carboxylic acids is 2. The third-order valence-electron chi connectivity index (χ3n) is 4.25. The summed E-state index contributed by atoms with van der Waals surface area (Å²) < 4.78 is 0. The summed E-state index contributed by atoms with van der Waals surface area (Å²) in [5.41, 5.74) is 5.13. The molecule has 1 fully saturated rings. The van der Waals surface area contributed by atoms with Gasteiger partial charge in [-0.05, 0) is 24.6 Å². The molecule has 2 amide bonds. The lowest BCUT2D eigenvalue weighted by Gasteiger charge is -2.29. The molecule has 8 heteroatoms. The number of nitrogens with one attached hydrogen (secondary N) is 3. The lowest BCUT2D eigenvalue weighted by Crippen LogP contribution is -2.52. The highest BCUT2D eigenvalue weighted by molar-refractivity contribution is 5.98. The number of hydrogen-bond donors (Lipinski definition) is 3. The fourth-order valence-electron chi connectivity index (χ4n) is 2.79. The third-order valence-corrected chi connectivity index (χ3v) is 4.25. The molecule has 2 atom stereocenters. The average Bonchev–Trinajstić information content (AvgIpc) is 2.92. The molecule has 1 aliphatic heterocycles. The van der Waals surface area contributed by atoms with Crippen molar-refractivity contribution < 1.29 is 14.5 Å². The van der Waals surface area contributed by atoms with Crippen LogP contribution in [-0.2, 0) is 10.3 Å². The Hall–Kier alpha value is -3.26. The lowest BCUT2D eigenvalue weighted by molar-refractivity contribution is -0.385. The van der Waals surface area contributed by atoms with Crippen LogP contribution in [0.3, 0.4) is 0 Å². The molecule has 8 nitrogen and oxygen atoms in total. The van der Waals surface area contributed by atoms with Crippen LogP contribution in [-0.4, -0.2) is 22.8 Å². The Morgan fingerprint density at radius 3 is 2.60 bits per heavy atom. The molecule has 3 rings (SSSR count). The summed E-state index contributed by atoms with van der Waals surface area (Å²) in [6.07, 6.45) is 0. The van der Waals surface area contributed by atoms with Gasteiger partial charge in [0, 0.05) is 17.7 Å². The molecule has 1 saturated heterocycles. The fraction of sp³-hybridized carbons (Fsp3) is 0.176. The van der Waals surface area contributed by atoms with Crippen LogP contribution in [0.1, 0.15) is 22.8 Å². The molecule has 1 aliphatic rings. The van der Waals surface area contributed by atoms with Crippen LogP contribution in [0.15, 0.2) is 54.6 Å². The van der Waals surface area contributed by atoms with Crippen LogP contribution in [0.25, 0.3) is 0 Å². The third kappa shape index (κ3) is 3.07. The van der Waals surface area contributed by atoms with Gasteiger partial charge in [0.1, 0.15) is 6.04 Å². The fourth-order valence-corrected chi connectivity index (χ4v) is 2.79. The minimum Gasteiger partial charge on any atom is -0.338 e. The second-order valence-corrected chi connectivity index (χ2v) is 5.90. The van der Waals surface area contributed by atoms with Crippen molar-refractivity contribution in [2.24, 2.45) is 0 Å². The molecule has 25 heavy (non-hydrogen) atoms. The predicted octanol–water partition coefficient (Wildman–Crippen LogP) is 1.24. The smallest absolute Gasteiger partial charge is 0.269 e. The van der Waals surface area contributed by atoms with Crippen LogP contribution < -0.4 is 16.2 Å². The molecule has 2 aromatic rings. The molecule has 0 bridgehead atoms. The molecule has 0 radical (unpaired) electrons. The summed E-state index contributed by atoms with van der Waals surface area (Å²) in [6.45, 7) is 1.69. The number of non-ortho nitro benzene ring substituents is 1. The molecule has 0 saturated carbocycles. The number of carbonyl (C=O) groups is 2. The maximum Gasteiger partial charge on any atom is 0.269 e. The van der Waals surface area contributed by atoms with Gasteiger partial charge in [0.05, 0.1) is 10.5 Å². The Labute approximate surface area is 143 Å². The van der Waals surface area contributed by atoms with Gasteiger partial charge >= 0.3 is 0 Å². The molecular weight excluding hydrogens is 324 g/mol. The van der Waals surface area contributed by atoms with Crippen molar-refractivity contribution in [2.45, 2.75) is 18.5 Å². The van der Waals surface area contributed by atoms with Crippen LogP contribution in [0.2, 0.25) is 0 Å². The van der Waals surface area contributed by atoms with Gasteiger partial charge < -0.3 is 5.32 Å². The molecule has 2 unspecified atom stereocenters. The predicted molar refractivity (Wildman–Crippen MR) is 89.4 cm³/mol. The summed E-state index contributed by atoms with van der Waals surface area (Å²) in [4.78, 5) is 35.1. The van der Waals surface area contributed by atoms with Crippen molar-refractivity contribution in [2.75, 3.05) is 0 Å². The quantitative estimate of drug-likeness (QED) is 0.572. The number of hydrazine groups is 1. The number of rotatable bonds is 4.